The number of aromatic nitrogens is 1. The van der Waals surface area contributed by atoms with Gasteiger partial charge in [-0.3, -0.25) is 4.98 Å². The molecule has 0 aliphatic heterocycles. The highest BCUT2D eigenvalue weighted by Gasteiger charge is 2.10. The first-order valence-electron chi connectivity index (χ1n) is 11.1. The molecule has 0 saturated heterocycles. The molecule has 2 nitrogen and oxygen atoms in total. The molecule has 4 rings (SSSR count). The minimum absolute atomic E-state index is 0.255. The summed E-state index contributed by atoms with van der Waals surface area (Å²) in [5.41, 5.74) is 4.51. The van der Waals surface area contributed by atoms with Crippen LogP contribution >= 0.6 is 0 Å². The van der Waals surface area contributed by atoms with Crippen LogP contribution in [-0.4, -0.2) is 18.7 Å². The fourth-order valence-electron chi connectivity index (χ4n) is 3.95. The van der Waals surface area contributed by atoms with Crippen molar-refractivity contribution in [2.45, 2.75) is 32.1 Å². The molecule has 3 aromatic carbocycles. The normalized spacial score (nSPS) is 11.3. The lowest BCUT2D eigenvalue weighted by molar-refractivity contribution is 0.202. The predicted octanol–water partition coefficient (Wildman–Crippen LogP) is 6.41. The van der Waals surface area contributed by atoms with Gasteiger partial charge in [-0.15, -0.1) is 0 Å². The summed E-state index contributed by atoms with van der Waals surface area (Å²) in [7, 11) is 1.69. The highest BCUT2D eigenvalue weighted by molar-refractivity contribution is 5.84. The number of hydrogen-bond donors (Lipinski definition) is 0. The SMILES string of the molecule is COCCc1ccc(CCc2ccc3c(F)c(CCc4ccc(F)c(F)c4)ccc3c2)nc1. The standard InChI is InChI=1S/C28H26F3NO/c1-33-15-14-21-4-11-24(32-18-21)10-3-19-5-12-25-23(16-19)9-8-22(28(25)31)7-2-20-6-13-26(29)27(30)17-20/h4-6,8-9,11-13,16-18H,2-3,7,10,14-15H2,1H3. The summed E-state index contributed by atoms with van der Waals surface area (Å²) in [6.45, 7) is 0.682. The van der Waals surface area contributed by atoms with Gasteiger partial charge in [-0.25, -0.2) is 13.2 Å². The van der Waals surface area contributed by atoms with Gasteiger partial charge in [0.15, 0.2) is 11.6 Å². The van der Waals surface area contributed by atoms with Crippen LogP contribution < -0.4 is 0 Å². The molecule has 5 heteroatoms. The van der Waals surface area contributed by atoms with Gasteiger partial charge in [0.1, 0.15) is 5.82 Å². The van der Waals surface area contributed by atoms with E-state index in [9.17, 15) is 8.78 Å². The molecule has 0 aliphatic carbocycles. The highest BCUT2D eigenvalue weighted by Crippen LogP contribution is 2.24. The van der Waals surface area contributed by atoms with Crippen LogP contribution in [0.15, 0.2) is 66.9 Å². The Morgan fingerprint density at radius 3 is 2.21 bits per heavy atom. The van der Waals surface area contributed by atoms with Crippen LogP contribution in [0.5, 0.6) is 0 Å². The fourth-order valence-corrected chi connectivity index (χ4v) is 3.95. The quantitative estimate of drug-likeness (QED) is 0.295. The number of rotatable bonds is 9. The monoisotopic (exact) mass is 449 g/mol. The Morgan fingerprint density at radius 2 is 1.45 bits per heavy atom. The number of ether oxygens (including phenoxy) is 1. The van der Waals surface area contributed by atoms with Crippen LogP contribution in [0.1, 0.15) is 27.9 Å². The van der Waals surface area contributed by atoms with Gasteiger partial charge in [0, 0.05) is 24.4 Å². The van der Waals surface area contributed by atoms with E-state index in [2.05, 4.69) is 11.1 Å². The lowest BCUT2D eigenvalue weighted by atomic mass is 9.98. The maximum absolute atomic E-state index is 15.1. The van der Waals surface area contributed by atoms with E-state index in [4.69, 9.17) is 4.74 Å². The van der Waals surface area contributed by atoms with E-state index in [0.29, 0.717) is 36.0 Å². The Hall–Kier alpha value is -3.18. The first kappa shape index (κ1) is 23.0. The van der Waals surface area contributed by atoms with E-state index < -0.39 is 11.6 Å². The number of methoxy groups -OCH3 is 1. The van der Waals surface area contributed by atoms with Gasteiger partial charge < -0.3 is 4.74 Å². The molecule has 33 heavy (non-hydrogen) atoms. The van der Waals surface area contributed by atoms with Crippen molar-refractivity contribution in [1.29, 1.82) is 0 Å². The Labute approximate surface area is 192 Å². The Morgan fingerprint density at radius 1 is 0.697 bits per heavy atom. The zero-order chi connectivity index (χ0) is 23.2. The van der Waals surface area contributed by atoms with Crippen LogP contribution in [0.25, 0.3) is 10.8 Å². The highest BCUT2D eigenvalue weighted by atomic mass is 19.2. The van der Waals surface area contributed by atoms with E-state index in [1.807, 2.05) is 36.5 Å². The molecule has 0 N–H and O–H groups in total. The van der Waals surface area contributed by atoms with Crippen molar-refractivity contribution in [3.63, 3.8) is 0 Å². The van der Waals surface area contributed by atoms with Gasteiger partial charge in [0.25, 0.3) is 0 Å². The average molecular weight is 450 g/mol. The number of nitrogens with zero attached hydrogens (tertiary/aromatic N) is 1. The number of hydrogen-bond acceptors (Lipinski definition) is 2. The smallest absolute Gasteiger partial charge is 0.159 e. The first-order chi connectivity index (χ1) is 16.0. The molecule has 0 bridgehead atoms. The largest absolute Gasteiger partial charge is 0.384 e. The lowest BCUT2D eigenvalue weighted by Crippen LogP contribution is -1.99. The molecule has 0 amide bonds. The van der Waals surface area contributed by atoms with Gasteiger partial charge >= 0.3 is 0 Å². The summed E-state index contributed by atoms with van der Waals surface area (Å²) in [5.74, 6) is -2.01. The van der Waals surface area contributed by atoms with Crippen molar-refractivity contribution in [2.75, 3.05) is 13.7 Å². The van der Waals surface area contributed by atoms with E-state index in [1.54, 1.807) is 13.2 Å². The van der Waals surface area contributed by atoms with Gasteiger partial charge in [-0.05, 0) is 77.9 Å². The molecule has 0 fully saturated rings. The third-order valence-corrected chi connectivity index (χ3v) is 5.92. The first-order valence-corrected chi connectivity index (χ1v) is 11.1. The second kappa shape index (κ2) is 10.6. The Kier molecular flexibility index (Phi) is 7.40. The van der Waals surface area contributed by atoms with Gasteiger partial charge in [-0.1, -0.05) is 42.5 Å². The molecular weight excluding hydrogens is 423 g/mol. The van der Waals surface area contributed by atoms with Crippen molar-refractivity contribution < 1.29 is 17.9 Å². The van der Waals surface area contributed by atoms with Crippen molar-refractivity contribution >= 4 is 10.8 Å². The molecule has 0 unspecified atom stereocenters. The molecule has 1 heterocycles. The van der Waals surface area contributed by atoms with E-state index in [1.165, 1.54) is 12.1 Å². The van der Waals surface area contributed by atoms with E-state index in [0.717, 1.165) is 47.5 Å². The van der Waals surface area contributed by atoms with E-state index in [-0.39, 0.29) is 5.82 Å². The minimum atomic E-state index is -0.878. The third-order valence-electron chi connectivity index (χ3n) is 5.92. The fraction of sp³-hybridized carbons (Fsp3) is 0.250. The van der Waals surface area contributed by atoms with Gasteiger partial charge in [-0.2, -0.15) is 0 Å². The number of halogens is 3. The summed E-state index contributed by atoms with van der Waals surface area (Å²) in [5, 5.41) is 1.42. The average Bonchev–Trinajstić information content (AvgIpc) is 2.83. The molecule has 0 atom stereocenters. The molecule has 0 spiro atoms. The van der Waals surface area contributed by atoms with Crippen molar-refractivity contribution in [3.8, 4) is 0 Å². The summed E-state index contributed by atoms with van der Waals surface area (Å²) in [4.78, 5) is 4.53. The number of aryl methyl sites for hydroxylation is 4. The molecule has 4 aromatic rings. The Balaban J connectivity index is 1.41. The summed E-state index contributed by atoms with van der Waals surface area (Å²) >= 11 is 0. The molecule has 0 radical (unpaired) electrons. The molecule has 170 valence electrons. The van der Waals surface area contributed by atoms with Crippen LogP contribution in [-0.2, 0) is 36.8 Å². The summed E-state index contributed by atoms with van der Waals surface area (Å²) in [6.07, 6.45) is 5.23. The van der Waals surface area contributed by atoms with Crippen molar-refractivity contribution in [1.82, 2.24) is 4.98 Å². The van der Waals surface area contributed by atoms with E-state index >= 15 is 4.39 Å². The second-order valence-corrected chi connectivity index (χ2v) is 8.24. The van der Waals surface area contributed by atoms with Crippen molar-refractivity contribution in [2.24, 2.45) is 0 Å². The number of benzene rings is 3. The third kappa shape index (κ3) is 5.79. The number of fused-ring (bicyclic) bond motifs is 1. The maximum atomic E-state index is 15.1. The second-order valence-electron chi connectivity index (χ2n) is 8.24. The van der Waals surface area contributed by atoms with Gasteiger partial charge in [0.2, 0.25) is 0 Å². The summed E-state index contributed by atoms with van der Waals surface area (Å²) in [6, 6.07) is 17.4. The van der Waals surface area contributed by atoms with Crippen LogP contribution in [0.4, 0.5) is 13.2 Å². The van der Waals surface area contributed by atoms with Crippen LogP contribution in [0.2, 0.25) is 0 Å². The predicted molar refractivity (Wildman–Crippen MR) is 125 cm³/mol. The van der Waals surface area contributed by atoms with Crippen LogP contribution in [0.3, 0.4) is 0 Å². The zero-order valence-corrected chi connectivity index (χ0v) is 18.6. The zero-order valence-electron chi connectivity index (χ0n) is 18.6. The van der Waals surface area contributed by atoms with Gasteiger partial charge in [0.05, 0.1) is 6.61 Å². The maximum Gasteiger partial charge on any atom is 0.159 e. The van der Waals surface area contributed by atoms with Crippen LogP contribution in [0, 0.1) is 17.5 Å². The topological polar surface area (TPSA) is 22.1 Å². The lowest BCUT2D eigenvalue weighted by Gasteiger charge is -2.09. The van der Waals surface area contributed by atoms with Crippen molar-refractivity contribution in [3.05, 3.63) is 112 Å². The summed E-state index contributed by atoms with van der Waals surface area (Å²) < 4.78 is 46.7. The Bertz CT molecular complexity index is 1240. The minimum Gasteiger partial charge on any atom is -0.384 e. The molecular formula is C28H26F3NO. The molecule has 0 saturated carbocycles. The molecule has 1 aromatic heterocycles. The molecule has 0 aliphatic rings. The number of pyridine rings is 1.